The van der Waals surface area contributed by atoms with E-state index in [0.29, 0.717) is 15.8 Å². The maximum absolute atomic E-state index is 14.6. The Morgan fingerprint density at radius 1 is 0.788 bits per heavy atom. The highest BCUT2D eigenvalue weighted by molar-refractivity contribution is 7.89. The Balaban J connectivity index is 1.31. The van der Waals surface area contributed by atoms with Crippen LogP contribution in [0.1, 0.15) is 71.5 Å². The van der Waals surface area contributed by atoms with Gasteiger partial charge in [0.25, 0.3) is 0 Å². The lowest BCUT2D eigenvalue weighted by molar-refractivity contribution is -0.122. The van der Waals surface area contributed by atoms with Crippen molar-refractivity contribution in [1.29, 1.82) is 0 Å². The molecule has 6 rings (SSSR count). The topological polar surface area (TPSA) is 104 Å². The molecule has 0 radical (unpaired) electrons. The Hall–Kier alpha value is -4.82. The van der Waals surface area contributed by atoms with Gasteiger partial charge in [-0.1, -0.05) is 73.9 Å². The summed E-state index contributed by atoms with van der Waals surface area (Å²) in [4.78, 5) is 25.8. The van der Waals surface area contributed by atoms with Crippen molar-refractivity contribution in [3.63, 3.8) is 0 Å². The van der Waals surface area contributed by atoms with Crippen LogP contribution in [0.3, 0.4) is 0 Å². The lowest BCUT2D eigenvalue weighted by Crippen LogP contribution is -2.38. The van der Waals surface area contributed by atoms with Crippen LogP contribution in [0, 0.1) is 35.0 Å². The van der Waals surface area contributed by atoms with Crippen LogP contribution in [0.5, 0.6) is 5.75 Å². The van der Waals surface area contributed by atoms with Gasteiger partial charge in [0.2, 0.25) is 21.7 Å². The van der Waals surface area contributed by atoms with Crippen molar-refractivity contribution < 1.29 is 49.8 Å². The zero-order valence-electron chi connectivity index (χ0n) is 27.8. The number of sulfonamides is 1. The van der Waals surface area contributed by atoms with Crippen molar-refractivity contribution in [3.8, 4) is 5.75 Å². The summed E-state index contributed by atoms with van der Waals surface area (Å²) in [5.41, 5.74) is 2.72. The monoisotopic (exact) mass is 742 g/mol. The molecule has 1 aliphatic carbocycles. The Morgan fingerprint density at radius 3 is 2.06 bits per heavy atom. The van der Waals surface area contributed by atoms with E-state index in [4.69, 9.17) is 4.74 Å². The Morgan fingerprint density at radius 2 is 1.42 bits per heavy atom. The molecule has 1 saturated carbocycles. The highest BCUT2D eigenvalue weighted by Crippen LogP contribution is 2.36. The standard InChI is InChI=1S/C38H35F5N2O6S/c39-31-32(40)34(42)36(35(43)33(31)41)52(49,50)44-18-17-27(21-44)37(46)45(20-23-11-13-26(14-12-23)25-9-5-2-6-10-25)28-15-16-29(38(47)48)30(19-28)51-22-24-7-3-1-4-8-24/h1,3-4,7-8,11-16,19,25,27H,2,5-6,9-10,17-18,20-22H2,(H,47,48). The highest BCUT2D eigenvalue weighted by atomic mass is 32.2. The first-order valence-electron chi connectivity index (χ1n) is 16.8. The first-order chi connectivity index (χ1) is 24.9. The number of ether oxygens (including phenoxy) is 1. The summed E-state index contributed by atoms with van der Waals surface area (Å²) in [5, 5.41) is 9.89. The van der Waals surface area contributed by atoms with Gasteiger partial charge < -0.3 is 14.7 Å². The first kappa shape index (κ1) is 37.0. The fourth-order valence-corrected chi connectivity index (χ4v) is 8.44. The molecule has 1 aliphatic heterocycles. The third-order valence-electron chi connectivity index (χ3n) is 9.68. The minimum absolute atomic E-state index is 0.0186. The van der Waals surface area contributed by atoms with Crippen molar-refractivity contribution >= 4 is 27.6 Å². The van der Waals surface area contributed by atoms with Crippen LogP contribution in [0.15, 0.2) is 77.7 Å². The molecular formula is C38H35F5N2O6S. The van der Waals surface area contributed by atoms with Gasteiger partial charge in [0.05, 0.1) is 12.5 Å². The molecule has 8 nitrogen and oxygen atoms in total. The molecule has 1 saturated heterocycles. The number of rotatable bonds is 11. The van der Waals surface area contributed by atoms with E-state index in [2.05, 4.69) is 0 Å². The molecule has 274 valence electrons. The Kier molecular flexibility index (Phi) is 11.0. The van der Waals surface area contributed by atoms with Crippen LogP contribution < -0.4 is 9.64 Å². The highest BCUT2D eigenvalue weighted by Gasteiger charge is 2.42. The van der Waals surface area contributed by atoms with Crippen LogP contribution in [-0.4, -0.2) is 42.8 Å². The van der Waals surface area contributed by atoms with Gasteiger partial charge in [-0.15, -0.1) is 0 Å². The normalized spacial score (nSPS) is 16.9. The van der Waals surface area contributed by atoms with Crippen LogP contribution in [-0.2, 0) is 28.0 Å². The molecule has 14 heteroatoms. The second-order valence-corrected chi connectivity index (χ2v) is 14.9. The second-order valence-electron chi connectivity index (χ2n) is 13.0. The molecule has 1 N–H and O–H groups in total. The Labute approximate surface area is 297 Å². The fourth-order valence-electron chi connectivity index (χ4n) is 6.83. The van der Waals surface area contributed by atoms with Gasteiger partial charge in [0.1, 0.15) is 17.9 Å². The molecule has 4 aromatic rings. The lowest BCUT2D eigenvalue weighted by atomic mass is 9.84. The molecule has 1 atom stereocenters. The minimum atomic E-state index is -5.27. The van der Waals surface area contributed by atoms with Crippen molar-refractivity contribution in [1.82, 2.24) is 4.31 Å². The minimum Gasteiger partial charge on any atom is -0.488 e. The molecule has 52 heavy (non-hydrogen) atoms. The third-order valence-corrected chi connectivity index (χ3v) is 11.6. The largest absolute Gasteiger partial charge is 0.488 e. The summed E-state index contributed by atoms with van der Waals surface area (Å²) < 4.78 is 104. The van der Waals surface area contributed by atoms with Crippen LogP contribution in [0.4, 0.5) is 27.6 Å². The van der Waals surface area contributed by atoms with Crippen molar-refractivity contribution in [2.75, 3.05) is 18.0 Å². The van der Waals surface area contributed by atoms with Gasteiger partial charge >= 0.3 is 5.97 Å². The Bertz CT molecular complexity index is 2050. The smallest absolute Gasteiger partial charge is 0.339 e. The summed E-state index contributed by atoms with van der Waals surface area (Å²) in [6.45, 7) is -1.04. The number of nitrogens with zero attached hydrogens (tertiary/aromatic N) is 2. The molecule has 1 heterocycles. The number of amides is 1. The van der Waals surface area contributed by atoms with E-state index in [1.54, 1.807) is 24.3 Å². The molecule has 0 aromatic heterocycles. The first-order valence-corrected chi connectivity index (χ1v) is 18.3. The summed E-state index contributed by atoms with van der Waals surface area (Å²) in [6, 6.07) is 20.9. The molecule has 0 bridgehead atoms. The SMILES string of the molecule is O=C(O)c1ccc(N(Cc2ccc(C3CCCCC3)cc2)C(=O)C2CCN(S(=O)(=O)c3c(F)c(F)c(F)c(F)c3F)C2)cc1OCc1ccccc1. The summed E-state index contributed by atoms with van der Waals surface area (Å²) in [7, 11) is -5.27. The van der Waals surface area contributed by atoms with Crippen LogP contribution >= 0.6 is 0 Å². The molecular weight excluding hydrogens is 707 g/mol. The average molecular weight is 743 g/mol. The summed E-state index contributed by atoms with van der Waals surface area (Å²) in [5.74, 6) is -14.9. The number of carbonyl (C=O) groups is 2. The van der Waals surface area contributed by atoms with E-state index in [9.17, 15) is 45.1 Å². The maximum atomic E-state index is 14.6. The van der Waals surface area contributed by atoms with Gasteiger partial charge in [-0.3, -0.25) is 4.79 Å². The van der Waals surface area contributed by atoms with Crippen molar-refractivity contribution in [2.45, 2.75) is 62.5 Å². The van der Waals surface area contributed by atoms with Gasteiger partial charge in [0.15, 0.2) is 28.2 Å². The zero-order chi connectivity index (χ0) is 37.2. The van der Waals surface area contributed by atoms with Crippen LogP contribution in [0.2, 0.25) is 0 Å². The number of halogens is 5. The van der Waals surface area contributed by atoms with E-state index < -0.39 is 74.9 Å². The summed E-state index contributed by atoms with van der Waals surface area (Å²) in [6.07, 6.45) is 5.53. The van der Waals surface area contributed by atoms with Gasteiger partial charge in [-0.25, -0.2) is 35.2 Å². The number of aromatic carboxylic acids is 1. The zero-order valence-corrected chi connectivity index (χ0v) is 28.7. The number of anilines is 1. The predicted octanol–water partition coefficient (Wildman–Crippen LogP) is 7.95. The van der Waals surface area contributed by atoms with E-state index >= 15 is 0 Å². The number of carboxylic acids is 1. The van der Waals surface area contributed by atoms with E-state index in [1.807, 2.05) is 30.3 Å². The van der Waals surface area contributed by atoms with E-state index in [-0.39, 0.29) is 36.6 Å². The molecule has 2 aliphatic rings. The number of hydrogen-bond acceptors (Lipinski definition) is 5. The van der Waals surface area contributed by atoms with Crippen molar-refractivity contribution in [3.05, 3.63) is 124 Å². The fraction of sp³-hybridized carbons (Fsp3) is 0.316. The van der Waals surface area contributed by atoms with E-state index in [1.165, 1.54) is 35.1 Å². The molecule has 1 unspecified atom stereocenters. The van der Waals surface area contributed by atoms with Gasteiger partial charge in [-0.2, -0.15) is 4.31 Å². The predicted molar refractivity (Wildman–Crippen MR) is 181 cm³/mol. The van der Waals surface area contributed by atoms with Crippen LogP contribution in [0.25, 0.3) is 0 Å². The molecule has 4 aromatic carbocycles. The number of benzene rings is 4. The van der Waals surface area contributed by atoms with Gasteiger partial charge in [0, 0.05) is 24.8 Å². The number of hydrogen-bond donors (Lipinski definition) is 1. The van der Waals surface area contributed by atoms with Gasteiger partial charge in [-0.05, 0) is 54.0 Å². The third kappa shape index (κ3) is 7.54. The van der Waals surface area contributed by atoms with E-state index in [0.717, 1.165) is 31.2 Å². The average Bonchev–Trinajstić information content (AvgIpc) is 3.67. The summed E-state index contributed by atoms with van der Waals surface area (Å²) >= 11 is 0. The number of carbonyl (C=O) groups excluding carboxylic acids is 1. The van der Waals surface area contributed by atoms with Crippen molar-refractivity contribution in [2.24, 2.45) is 5.92 Å². The molecule has 1 amide bonds. The second kappa shape index (κ2) is 15.4. The number of carboxylic acid groups (broad SMARTS) is 1. The molecule has 2 fully saturated rings. The lowest BCUT2D eigenvalue weighted by Gasteiger charge is -2.27. The molecule has 0 spiro atoms. The quantitative estimate of drug-likeness (QED) is 0.0951. The maximum Gasteiger partial charge on any atom is 0.339 e.